The van der Waals surface area contributed by atoms with Gasteiger partial charge in [0, 0.05) is 11.3 Å². The van der Waals surface area contributed by atoms with Gasteiger partial charge in [-0.25, -0.2) is 0 Å². The Morgan fingerprint density at radius 3 is 2.50 bits per heavy atom. The van der Waals surface area contributed by atoms with Crippen molar-refractivity contribution < 1.29 is 9.59 Å². The fraction of sp³-hybridized carbons (Fsp3) is 0.909. The minimum absolute atomic E-state index is 0.00198. The summed E-state index contributed by atoms with van der Waals surface area (Å²) in [6, 6.07) is 0. The van der Waals surface area contributed by atoms with Crippen molar-refractivity contribution in [3.63, 3.8) is 0 Å². The van der Waals surface area contributed by atoms with Crippen LogP contribution in [0.15, 0.2) is 0 Å². The van der Waals surface area contributed by atoms with E-state index in [1.165, 1.54) is 38.5 Å². The molecule has 4 saturated carbocycles. The molecule has 0 bridgehead atoms. The molecule has 2 nitrogen and oxygen atoms in total. The Hall–Kier alpha value is -0.660. The molecule has 8 atom stereocenters. The summed E-state index contributed by atoms with van der Waals surface area (Å²) in [5.74, 6) is 4.08. The van der Waals surface area contributed by atoms with Crippen LogP contribution in [0.3, 0.4) is 0 Å². The van der Waals surface area contributed by atoms with Crippen LogP contribution >= 0.6 is 0 Å². The molecule has 24 heavy (non-hydrogen) atoms. The molecule has 0 unspecified atom stereocenters. The number of carbonyl (C=O) groups is 2. The third-order valence-electron chi connectivity index (χ3n) is 9.33. The molecule has 4 aliphatic carbocycles. The minimum Gasteiger partial charge on any atom is -0.303 e. The first-order valence-electron chi connectivity index (χ1n) is 10.4. The number of carbonyl (C=O) groups excluding carboxylic acids is 2. The molecular weight excluding hydrogens is 296 g/mol. The predicted molar refractivity (Wildman–Crippen MR) is 95.5 cm³/mol. The summed E-state index contributed by atoms with van der Waals surface area (Å²) in [5, 5.41) is 0. The molecule has 0 aromatic rings. The second-order valence-electron chi connectivity index (χ2n) is 9.99. The van der Waals surface area contributed by atoms with Crippen molar-refractivity contribution in [3.05, 3.63) is 0 Å². The van der Waals surface area contributed by atoms with Crippen LogP contribution in [0.1, 0.15) is 78.6 Å². The maximum Gasteiger partial charge on any atom is 0.136 e. The number of ketones is 1. The fourth-order valence-corrected chi connectivity index (χ4v) is 8.08. The molecule has 2 heteroatoms. The average Bonchev–Trinajstić information content (AvgIpc) is 2.95. The van der Waals surface area contributed by atoms with E-state index in [1.807, 2.05) is 0 Å². The zero-order valence-corrected chi connectivity index (χ0v) is 15.7. The summed E-state index contributed by atoms with van der Waals surface area (Å²) in [5.41, 5.74) is 0.200. The number of Topliss-reactive ketones (excluding diaryl/α,β-unsaturated/α-hetero) is 1. The Kier molecular flexibility index (Phi) is 3.97. The second-order valence-corrected chi connectivity index (χ2v) is 9.99. The van der Waals surface area contributed by atoms with E-state index in [4.69, 9.17) is 0 Å². The van der Waals surface area contributed by atoms with Gasteiger partial charge in [-0.3, -0.25) is 4.79 Å². The molecule has 0 saturated heterocycles. The van der Waals surface area contributed by atoms with Gasteiger partial charge in [0.2, 0.25) is 0 Å². The van der Waals surface area contributed by atoms with Gasteiger partial charge in [0.15, 0.2) is 0 Å². The lowest BCUT2D eigenvalue weighted by atomic mass is 9.43. The summed E-state index contributed by atoms with van der Waals surface area (Å²) < 4.78 is 0. The fourth-order valence-electron chi connectivity index (χ4n) is 8.08. The number of rotatable bonds is 2. The Morgan fingerprint density at radius 2 is 1.79 bits per heavy atom. The van der Waals surface area contributed by atoms with Crippen LogP contribution < -0.4 is 0 Å². The smallest absolute Gasteiger partial charge is 0.136 e. The molecule has 4 fully saturated rings. The largest absolute Gasteiger partial charge is 0.303 e. The third-order valence-corrected chi connectivity index (χ3v) is 9.33. The lowest BCUT2D eigenvalue weighted by Crippen LogP contribution is -2.55. The van der Waals surface area contributed by atoms with Crippen LogP contribution in [0.2, 0.25) is 0 Å². The van der Waals surface area contributed by atoms with Gasteiger partial charge in [-0.1, -0.05) is 20.3 Å². The molecule has 134 valence electrons. The van der Waals surface area contributed by atoms with Gasteiger partial charge < -0.3 is 4.79 Å². The van der Waals surface area contributed by atoms with Crippen molar-refractivity contribution in [2.75, 3.05) is 0 Å². The SMILES string of the molecule is CC(=O)[C@]12CC[C@H]3[C@@H](CC[C@H]4C[C@H](C)CC[C@@]43C)[C@@H]1CC[C@@H]2C=O. The molecule has 0 N–H and O–H groups in total. The quantitative estimate of drug-likeness (QED) is 0.664. The topological polar surface area (TPSA) is 34.1 Å². The third kappa shape index (κ3) is 2.07. The molecule has 0 radical (unpaired) electrons. The maximum absolute atomic E-state index is 12.7. The second kappa shape index (κ2) is 5.68. The van der Waals surface area contributed by atoms with Crippen LogP contribution in [0.4, 0.5) is 0 Å². The highest BCUT2D eigenvalue weighted by atomic mass is 16.1. The molecule has 4 rings (SSSR count). The minimum atomic E-state index is -0.298. The highest BCUT2D eigenvalue weighted by Crippen LogP contribution is 2.67. The van der Waals surface area contributed by atoms with Gasteiger partial charge in [-0.05, 0) is 93.3 Å². The summed E-state index contributed by atoms with van der Waals surface area (Å²) in [6.45, 7) is 6.77. The van der Waals surface area contributed by atoms with E-state index in [0.29, 0.717) is 23.0 Å². The summed E-state index contributed by atoms with van der Waals surface area (Å²) in [4.78, 5) is 24.4. The van der Waals surface area contributed by atoms with E-state index in [1.54, 1.807) is 6.92 Å². The van der Waals surface area contributed by atoms with Gasteiger partial charge in [0.1, 0.15) is 12.1 Å². The van der Waals surface area contributed by atoms with Crippen LogP contribution in [0.25, 0.3) is 0 Å². The lowest BCUT2D eigenvalue weighted by Gasteiger charge is -2.61. The van der Waals surface area contributed by atoms with Crippen molar-refractivity contribution in [3.8, 4) is 0 Å². The Balaban J connectivity index is 1.67. The first-order valence-corrected chi connectivity index (χ1v) is 10.4. The predicted octanol–water partition coefficient (Wildman–Crippen LogP) is 5.05. The van der Waals surface area contributed by atoms with Crippen molar-refractivity contribution in [2.24, 2.45) is 46.3 Å². The first-order chi connectivity index (χ1) is 11.4. The molecule has 0 aromatic heterocycles. The lowest BCUT2D eigenvalue weighted by molar-refractivity contribution is -0.153. The van der Waals surface area contributed by atoms with Crippen LogP contribution in [0.5, 0.6) is 0 Å². The van der Waals surface area contributed by atoms with E-state index in [0.717, 1.165) is 43.3 Å². The van der Waals surface area contributed by atoms with Crippen LogP contribution in [-0.2, 0) is 9.59 Å². The molecule has 0 aliphatic heterocycles. The van der Waals surface area contributed by atoms with E-state index in [-0.39, 0.29) is 11.3 Å². The maximum atomic E-state index is 12.7. The average molecular weight is 331 g/mol. The van der Waals surface area contributed by atoms with Crippen molar-refractivity contribution >= 4 is 12.1 Å². The van der Waals surface area contributed by atoms with Crippen molar-refractivity contribution in [1.29, 1.82) is 0 Å². The van der Waals surface area contributed by atoms with E-state index >= 15 is 0 Å². The number of aldehydes is 1. The molecule has 0 heterocycles. The number of hydrogen-bond donors (Lipinski definition) is 0. The zero-order chi connectivity index (χ0) is 17.1. The van der Waals surface area contributed by atoms with Gasteiger partial charge in [-0.2, -0.15) is 0 Å². The van der Waals surface area contributed by atoms with Gasteiger partial charge >= 0.3 is 0 Å². The van der Waals surface area contributed by atoms with E-state index in [2.05, 4.69) is 13.8 Å². The number of hydrogen-bond acceptors (Lipinski definition) is 2. The summed E-state index contributed by atoms with van der Waals surface area (Å²) >= 11 is 0. The summed E-state index contributed by atoms with van der Waals surface area (Å²) in [7, 11) is 0. The highest BCUT2D eigenvalue weighted by Gasteiger charge is 2.63. The first kappa shape index (κ1) is 16.8. The van der Waals surface area contributed by atoms with Gasteiger partial charge in [-0.15, -0.1) is 0 Å². The van der Waals surface area contributed by atoms with Gasteiger partial charge in [0.05, 0.1) is 0 Å². The van der Waals surface area contributed by atoms with Crippen LogP contribution in [0, 0.1) is 46.3 Å². The Morgan fingerprint density at radius 1 is 1.00 bits per heavy atom. The zero-order valence-electron chi connectivity index (χ0n) is 15.7. The van der Waals surface area contributed by atoms with E-state index < -0.39 is 0 Å². The normalized spacial score (nSPS) is 53.6. The molecule has 0 aromatic carbocycles. The molecule has 4 aliphatic rings. The summed E-state index contributed by atoms with van der Waals surface area (Å²) in [6.07, 6.45) is 12.2. The molecule has 0 amide bonds. The monoisotopic (exact) mass is 330 g/mol. The van der Waals surface area contributed by atoms with Crippen molar-refractivity contribution in [2.45, 2.75) is 78.6 Å². The number of fused-ring (bicyclic) bond motifs is 5. The van der Waals surface area contributed by atoms with Crippen LogP contribution in [-0.4, -0.2) is 12.1 Å². The highest BCUT2D eigenvalue weighted by molar-refractivity contribution is 5.87. The van der Waals surface area contributed by atoms with Gasteiger partial charge in [0.25, 0.3) is 0 Å². The standard InChI is InChI=1S/C22H34O2/c1-14-8-10-21(3)16(12-14)4-6-18-19(21)9-11-22(15(2)24)17(13-23)5-7-20(18)22/h13-14,16-20H,4-12H2,1-3H3/t14-,16+,17-,18-,19+,20+,21+,22+/m1/s1. The molecule has 0 spiro atoms. The van der Waals surface area contributed by atoms with E-state index in [9.17, 15) is 9.59 Å². The Bertz CT molecular complexity index is 540. The Labute approximate surface area is 147 Å². The molecular formula is C22H34O2. The van der Waals surface area contributed by atoms with Crippen molar-refractivity contribution in [1.82, 2.24) is 0 Å².